The Kier molecular flexibility index (Phi) is 6.61. The lowest BCUT2D eigenvalue weighted by molar-refractivity contribution is 0.104. The molecule has 0 aliphatic rings. The Morgan fingerprint density at radius 2 is 1.73 bits per heavy atom. The average Bonchev–Trinajstić information content (AvgIpc) is 2.61. The number of phenols is 3. The number of carbonyl (C=O) groups is 1. The molecule has 0 radical (unpaired) electrons. The summed E-state index contributed by atoms with van der Waals surface area (Å²) >= 11 is 0. The molecule has 0 unspecified atom stereocenters. The number of ketones is 1. The van der Waals surface area contributed by atoms with Gasteiger partial charge in [-0.1, -0.05) is 43.2 Å². The van der Waals surface area contributed by atoms with E-state index in [0.717, 1.165) is 18.4 Å². The Morgan fingerprint density at radius 3 is 2.38 bits per heavy atom. The monoisotopic (exact) mass is 352 g/mol. The van der Waals surface area contributed by atoms with E-state index in [1.807, 2.05) is 13.0 Å². The molecule has 0 bridgehead atoms. The molecule has 0 aliphatic heterocycles. The van der Waals surface area contributed by atoms with Crippen LogP contribution in [0.3, 0.4) is 0 Å². The van der Waals surface area contributed by atoms with Crippen molar-refractivity contribution in [2.24, 2.45) is 0 Å². The number of benzene rings is 2. The number of phenolic OH excluding ortho intramolecular Hbond substituents is 3. The third-order valence-corrected chi connectivity index (χ3v) is 4.14. The summed E-state index contributed by atoms with van der Waals surface area (Å²) in [6, 6.07) is 9.28. The zero-order valence-electron chi connectivity index (χ0n) is 15.1. The highest BCUT2D eigenvalue weighted by Crippen LogP contribution is 2.32. The third-order valence-electron chi connectivity index (χ3n) is 4.14. The molecule has 4 heteroatoms. The maximum atomic E-state index is 12.4. The molecular weight excluding hydrogens is 328 g/mol. The Labute approximate surface area is 153 Å². The zero-order chi connectivity index (χ0) is 19.1. The van der Waals surface area contributed by atoms with Crippen molar-refractivity contribution in [3.8, 4) is 17.2 Å². The fraction of sp³-hybridized carbons (Fsp3) is 0.227. The first-order valence-corrected chi connectivity index (χ1v) is 8.63. The van der Waals surface area contributed by atoms with Crippen LogP contribution in [0.15, 0.2) is 54.1 Å². The van der Waals surface area contributed by atoms with Gasteiger partial charge >= 0.3 is 0 Å². The van der Waals surface area contributed by atoms with E-state index in [9.17, 15) is 20.1 Å². The Balaban J connectivity index is 2.23. The summed E-state index contributed by atoms with van der Waals surface area (Å²) in [6.07, 6.45) is 7.28. The highest BCUT2D eigenvalue weighted by atomic mass is 16.3. The molecule has 4 nitrogen and oxygen atoms in total. The molecule has 3 N–H and O–H groups in total. The Morgan fingerprint density at radius 1 is 1.04 bits per heavy atom. The van der Waals surface area contributed by atoms with Gasteiger partial charge in [-0.15, -0.1) is 0 Å². The lowest BCUT2D eigenvalue weighted by Crippen LogP contribution is -1.98. The van der Waals surface area contributed by atoms with Crippen LogP contribution in [0.5, 0.6) is 17.2 Å². The summed E-state index contributed by atoms with van der Waals surface area (Å²) in [4.78, 5) is 12.4. The molecule has 26 heavy (non-hydrogen) atoms. The second kappa shape index (κ2) is 8.90. The molecular formula is C22H24O4. The van der Waals surface area contributed by atoms with Crippen LogP contribution in [0.2, 0.25) is 0 Å². The molecule has 0 spiro atoms. The van der Waals surface area contributed by atoms with Gasteiger partial charge in [0.1, 0.15) is 17.2 Å². The van der Waals surface area contributed by atoms with Gasteiger partial charge in [0.05, 0.1) is 5.56 Å². The molecule has 0 saturated heterocycles. The van der Waals surface area contributed by atoms with E-state index >= 15 is 0 Å². The van der Waals surface area contributed by atoms with Crippen molar-refractivity contribution < 1.29 is 20.1 Å². The third kappa shape index (κ3) is 4.99. The second-order valence-corrected chi connectivity index (χ2v) is 6.25. The van der Waals surface area contributed by atoms with Crippen molar-refractivity contribution in [1.29, 1.82) is 0 Å². The largest absolute Gasteiger partial charge is 0.508 e. The van der Waals surface area contributed by atoms with Crippen LogP contribution in [0, 0.1) is 0 Å². The van der Waals surface area contributed by atoms with Crippen molar-refractivity contribution in [3.05, 3.63) is 70.8 Å². The summed E-state index contributed by atoms with van der Waals surface area (Å²) in [5.41, 5.74) is 2.43. The topological polar surface area (TPSA) is 77.8 Å². The van der Waals surface area contributed by atoms with E-state index < -0.39 is 0 Å². The van der Waals surface area contributed by atoms with Crippen molar-refractivity contribution in [3.63, 3.8) is 0 Å². The van der Waals surface area contributed by atoms with Gasteiger partial charge in [-0.25, -0.2) is 0 Å². The lowest BCUT2D eigenvalue weighted by atomic mass is 9.99. The quantitative estimate of drug-likeness (QED) is 0.373. The van der Waals surface area contributed by atoms with Gasteiger partial charge in [-0.05, 0) is 55.7 Å². The SMILES string of the molecule is CCC/C(C)=C/Cc1c(O)ccc(C(=O)/C=C/c2ccc(O)cc2)c1O. The van der Waals surface area contributed by atoms with Gasteiger partial charge in [0.15, 0.2) is 5.78 Å². The van der Waals surface area contributed by atoms with Gasteiger partial charge in [0, 0.05) is 5.56 Å². The van der Waals surface area contributed by atoms with Crippen LogP contribution in [0.25, 0.3) is 6.08 Å². The van der Waals surface area contributed by atoms with Crippen LogP contribution in [-0.4, -0.2) is 21.1 Å². The molecule has 2 aromatic carbocycles. The summed E-state index contributed by atoms with van der Waals surface area (Å²) in [6.45, 7) is 4.10. The summed E-state index contributed by atoms with van der Waals surface area (Å²) < 4.78 is 0. The molecule has 0 saturated carbocycles. The summed E-state index contributed by atoms with van der Waals surface area (Å²) in [5, 5.41) is 29.7. The van der Waals surface area contributed by atoms with Crippen molar-refractivity contribution in [1.82, 2.24) is 0 Å². The minimum absolute atomic E-state index is 0.0258. The first-order chi connectivity index (χ1) is 12.4. The standard InChI is InChI=1S/C22H24O4/c1-3-4-15(2)5-11-18-21(25)14-12-19(22(18)26)20(24)13-8-16-6-9-17(23)10-7-16/h5-10,12-14,23,25-26H,3-4,11H2,1-2H3/b13-8+,15-5+. The smallest absolute Gasteiger partial charge is 0.189 e. The molecule has 0 aromatic heterocycles. The van der Waals surface area contributed by atoms with Crippen LogP contribution in [0.4, 0.5) is 0 Å². The normalized spacial score (nSPS) is 11.8. The van der Waals surface area contributed by atoms with Crippen LogP contribution >= 0.6 is 0 Å². The maximum Gasteiger partial charge on any atom is 0.189 e. The van der Waals surface area contributed by atoms with Gasteiger partial charge in [0.25, 0.3) is 0 Å². The van der Waals surface area contributed by atoms with E-state index in [1.54, 1.807) is 18.2 Å². The number of hydrogen-bond donors (Lipinski definition) is 3. The van der Waals surface area contributed by atoms with Gasteiger partial charge in [0.2, 0.25) is 0 Å². The van der Waals surface area contributed by atoms with E-state index in [2.05, 4.69) is 6.92 Å². The molecule has 0 amide bonds. The van der Waals surface area contributed by atoms with E-state index in [1.165, 1.54) is 35.9 Å². The second-order valence-electron chi connectivity index (χ2n) is 6.25. The molecule has 2 aromatic rings. The number of rotatable bonds is 7. The molecule has 0 fully saturated rings. The van der Waals surface area contributed by atoms with Crippen molar-refractivity contribution in [2.45, 2.75) is 33.1 Å². The van der Waals surface area contributed by atoms with Crippen LogP contribution in [-0.2, 0) is 6.42 Å². The van der Waals surface area contributed by atoms with Crippen LogP contribution in [0.1, 0.15) is 48.2 Å². The predicted molar refractivity (Wildman–Crippen MR) is 104 cm³/mol. The van der Waals surface area contributed by atoms with Crippen LogP contribution < -0.4 is 0 Å². The lowest BCUT2D eigenvalue weighted by Gasteiger charge is -2.09. The first kappa shape index (κ1) is 19.3. The van der Waals surface area contributed by atoms with Crippen molar-refractivity contribution >= 4 is 11.9 Å². The van der Waals surface area contributed by atoms with Gasteiger partial charge in [-0.3, -0.25) is 4.79 Å². The van der Waals surface area contributed by atoms with Gasteiger partial charge < -0.3 is 15.3 Å². The highest BCUT2D eigenvalue weighted by molar-refractivity contribution is 6.09. The Bertz CT molecular complexity index is 830. The molecule has 136 valence electrons. The van der Waals surface area contributed by atoms with Crippen molar-refractivity contribution in [2.75, 3.05) is 0 Å². The number of allylic oxidation sites excluding steroid dienone is 3. The molecule has 0 aliphatic carbocycles. The molecule has 2 rings (SSSR count). The fourth-order valence-electron chi connectivity index (χ4n) is 2.65. The van der Waals surface area contributed by atoms with Gasteiger partial charge in [-0.2, -0.15) is 0 Å². The molecule has 0 heterocycles. The minimum atomic E-state index is -0.355. The zero-order valence-corrected chi connectivity index (χ0v) is 15.1. The van der Waals surface area contributed by atoms with E-state index in [0.29, 0.717) is 12.0 Å². The summed E-state index contributed by atoms with van der Waals surface area (Å²) in [5.74, 6) is -0.417. The highest BCUT2D eigenvalue weighted by Gasteiger charge is 2.15. The maximum absolute atomic E-state index is 12.4. The Hall–Kier alpha value is -3.01. The number of hydrogen-bond acceptors (Lipinski definition) is 4. The summed E-state index contributed by atoms with van der Waals surface area (Å²) in [7, 11) is 0. The number of carbonyl (C=O) groups excluding carboxylic acids is 1. The molecule has 0 atom stereocenters. The van der Waals surface area contributed by atoms with E-state index in [-0.39, 0.29) is 28.6 Å². The number of aromatic hydroxyl groups is 3. The fourth-order valence-corrected chi connectivity index (χ4v) is 2.65. The first-order valence-electron chi connectivity index (χ1n) is 8.63. The van der Waals surface area contributed by atoms with E-state index in [4.69, 9.17) is 0 Å². The predicted octanol–water partition coefficient (Wildman–Crippen LogP) is 4.99. The average molecular weight is 352 g/mol. The minimum Gasteiger partial charge on any atom is -0.508 e.